The maximum absolute atomic E-state index is 5.71. The fourth-order valence-electron chi connectivity index (χ4n) is 0.783. The molecule has 0 fully saturated rings. The molecule has 0 atom stereocenters. The monoisotopic (exact) mass is 216 g/mol. The van der Waals surface area contributed by atoms with Crippen LogP contribution < -0.4 is 10.8 Å². The minimum atomic E-state index is 0.407. The third-order valence-electron chi connectivity index (χ3n) is 1.30. The topological polar surface area (TPSA) is 33.3 Å². The number of halogens is 1. The van der Waals surface area contributed by atoms with Gasteiger partial charge in [-0.2, -0.15) is 0 Å². The van der Waals surface area contributed by atoms with Crippen molar-refractivity contribution in [3.05, 3.63) is 29.3 Å². The molecule has 0 saturated heterocycles. The van der Waals surface area contributed by atoms with Crippen molar-refractivity contribution in [3.63, 3.8) is 0 Å². The van der Waals surface area contributed by atoms with Gasteiger partial charge in [-0.05, 0) is 36.5 Å². The zero-order valence-corrected chi connectivity index (χ0v) is 8.58. The van der Waals surface area contributed by atoms with Gasteiger partial charge in [-0.25, -0.2) is 5.48 Å². The molecular weight excluding hydrogens is 208 g/mol. The van der Waals surface area contributed by atoms with Gasteiger partial charge >= 0.3 is 0 Å². The quantitative estimate of drug-likeness (QED) is 0.587. The molecule has 1 rings (SSSR count). The molecule has 1 aromatic rings. The van der Waals surface area contributed by atoms with E-state index in [4.69, 9.17) is 23.8 Å². The first kappa shape index (κ1) is 10.2. The summed E-state index contributed by atoms with van der Waals surface area (Å²) in [5, 5.41) is 4.00. The van der Waals surface area contributed by atoms with E-state index < -0.39 is 0 Å². The van der Waals surface area contributed by atoms with E-state index in [-0.39, 0.29) is 0 Å². The number of hydrogen-bond acceptors (Lipinski definition) is 2. The van der Waals surface area contributed by atoms with Gasteiger partial charge in [-0.3, -0.25) is 4.84 Å². The highest BCUT2D eigenvalue weighted by atomic mass is 35.5. The van der Waals surface area contributed by atoms with Gasteiger partial charge in [0, 0.05) is 10.7 Å². The highest BCUT2D eigenvalue weighted by Gasteiger charge is 1.95. The Labute approximate surface area is 87.0 Å². The van der Waals surface area contributed by atoms with Crippen LogP contribution in [-0.4, -0.2) is 12.2 Å². The summed E-state index contributed by atoms with van der Waals surface area (Å²) >= 11 is 10.6. The summed E-state index contributed by atoms with van der Waals surface area (Å²) in [6, 6.07) is 7.20. The summed E-state index contributed by atoms with van der Waals surface area (Å²) in [5.41, 5.74) is 3.36. The molecule has 2 N–H and O–H groups in total. The van der Waals surface area contributed by atoms with Crippen LogP contribution in [0.2, 0.25) is 5.02 Å². The normalized spacial score (nSPS) is 9.38. The molecule has 0 radical (unpaired) electrons. The fourth-order valence-corrected chi connectivity index (χ4v) is 1.11. The maximum Gasteiger partial charge on any atom is 0.195 e. The number of anilines is 1. The first-order valence-corrected chi connectivity index (χ1v) is 4.36. The largest absolute Gasteiger partial charge is 0.331 e. The third kappa shape index (κ3) is 3.59. The molecule has 0 aliphatic heterocycles. The predicted molar refractivity (Wildman–Crippen MR) is 57.8 cm³/mol. The summed E-state index contributed by atoms with van der Waals surface area (Å²) < 4.78 is 0. The zero-order valence-electron chi connectivity index (χ0n) is 7.00. The summed E-state index contributed by atoms with van der Waals surface area (Å²) in [7, 11) is 1.50. The van der Waals surface area contributed by atoms with E-state index in [0.717, 1.165) is 5.69 Å². The number of hydroxylamine groups is 1. The average Bonchev–Trinajstić information content (AvgIpc) is 2.09. The molecule has 0 saturated carbocycles. The molecule has 13 heavy (non-hydrogen) atoms. The fraction of sp³-hybridized carbons (Fsp3) is 0.125. The lowest BCUT2D eigenvalue weighted by atomic mass is 10.3. The molecule has 3 nitrogen and oxygen atoms in total. The Hall–Kier alpha value is -0.840. The van der Waals surface area contributed by atoms with E-state index >= 15 is 0 Å². The van der Waals surface area contributed by atoms with E-state index in [1.807, 2.05) is 12.1 Å². The van der Waals surface area contributed by atoms with Crippen molar-refractivity contribution in [2.24, 2.45) is 0 Å². The second-order valence-electron chi connectivity index (χ2n) is 2.27. The summed E-state index contributed by atoms with van der Waals surface area (Å²) in [5.74, 6) is 0. The molecule has 1 aromatic carbocycles. The van der Waals surface area contributed by atoms with Crippen LogP contribution >= 0.6 is 23.8 Å². The molecule has 0 aliphatic rings. The average molecular weight is 217 g/mol. The van der Waals surface area contributed by atoms with Crippen molar-refractivity contribution in [1.29, 1.82) is 0 Å². The van der Waals surface area contributed by atoms with Crippen LogP contribution in [0.3, 0.4) is 0 Å². The van der Waals surface area contributed by atoms with Crippen molar-refractivity contribution in [3.8, 4) is 0 Å². The molecule has 5 heteroatoms. The van der Waals surface area contributed by atoms with Crippen LogP contribution in [0.4, 0.5) is 5.69 Å². The first-order chi connectivity index (χ1) is 6.22. The Kier molecular flexibility index (Phi) is 3.95. The standard InChI is InChI=1S/C8H9ClN2OS/c1-12-11-8(13)10-7-4-2-6(9)3-5-7/h2-5H,1H3,(H2,10,11,13). The number of rotatable bonds is 2. The molecule has 0 aliphatic carbocycles. The Morgan fingerprint density at radius 2 is 2.00 bits per heavy atom. The van der Waals surface area contributed by atoms with E-state index in [0.29, 0.717) is 10.1 Å². The Morgan fingerprint density at radius 3 is 2.54 bits per heavy atom. The van der Waals surface area contributed by atoms with E-state index in [1.165, 1.54) is 7.11 Å². The number of hydrogen-bond donors (Lipinski definition) is 2. The van der Waals surface area contributed by atoms with Crippen LogP contribution in [-0.2, 0) is 4.84 Å². The van der Waals surface area contributed by atoms with Crippen molar-refractivity contribution >= 4 is 34.6 Å². The summed E-state index contributed by atoms with van der Waals surface area (Å²) in [6.45, 7) is 0. The highest BCUT2D eigenvalue weighted by Crippen LogP contribution is 2.12. The van der Waals surface area contributed by atoms with Crippen molar-refractivity contribution in [2.75, 3.05) is 12.4 Å². The van der Waals surface area contributed by atoms with Gasteiger partial charge in [0.25, 0.3) is 0 Å². The van der Waals surface area contributed by atoms with Gasteiger partial charge < -0.3 is 5.32 Å². The van der Waals surface area contributed by atoms with Crippen molar-refractivity contribution < 1.29 is 4.84 Å². The Morgan fingerprint density at radius 1 is 1.38 bits per heavy atom. The van der Waals surface area contributed by atoms with Crippen LogP contribution in [0.15, 0.2) is 24.3 Å². The molecule has 0 amide bonds. The van der Waals surface area contributed by atoms with Gasteiger partial charge in [0.15, 0.2) is 5.11 Å². The smallest absolute Gasteiger partial charge is 0.195 e. The Balaban J connectivity index is 2.54. The maximum atomic E-state index is 5.71. The second kappa shape index (κ2) is 5.01. The van der Waals surface area contributed by atoms with E-state index in [9.17, 15) is 0 Å². The molecule has 0 unspecified atom stereocenters. The summed E-state index contributed by atoms with van der Waals surface area (Å²) in [4.78, 5) is 4.62. The van der Waals surface area contributed by atoms with E-state index in [2.05, 4.69) is 15.6 Å². The Bertz CT molecular complexity index is 289. The zero-order chi connectivity index (χ0) is 9.68. The molecule has 0 bridgehead atoms. The predicted octanol–water partition coefficient (Wildman–Crippen LogP) is 2.19. The number of thiocarbonyl (C=S) groups is 1. The third-order valence-corrected chi connectivity index (χ3v) is 1.73. The SMILES string of the molecule is CONC(=S)Nc1ccc(Cl)cc1. The van der Waals surface area contributed by atoms with Crippen molar-refractivity contribution in [2.45, 2.75) is 0 Å². The van der Waals surface area contributed by atoms with Crippen LogP contribution in [0.5, 0.6) is 0 Å². The molecular formula is C8H9ClN2OS. The second-order valence-corrected chi connectivity index (χ2v) is 3.11. The molecule has 70 valence electrons. The molecule has 0 aromatic heterocycles. The highest BCUT2D eigenvalue weighted by molar-refractivity contribution is 7.80. The lowest BCUT2D eigenvalue weighted by Gasteiger charge is -2.07. The molecule has 0 heterocycles. The first-order valence-electron chi connectivity index (χ1n) is 3.58. The number of benzene rings is 1. The van der Waals surface area contributed by atoms with Gasteiger partial charge in [0.1, 0.15) is 0 Å². The van der Waals surface area contributed by atoms with Crippen LogP contribution in [0, 0.1) is 0 Å². The minimum Gasteiger partial charge on any atom is -0.331 e. The van der Waals surface area contributed by atoms with Gasteiger partial charge in [0.2, 0.25) is 0 Å². The summed E-state index contributed by atoms with van der Waals surface area (Å²) in [6.07, 6.45) is 0. The minimum absolute atomic E-state index is 0.407. The van der Waals surface area contributed by atoms with Crippen LogP contribution in [0.1, 0.15) is 0 Å². The van der Waals surface area contributed by atoms with Gasteiger partial charge in [0.05, 0.1) is 7.11 Å². The van der Waals surface area contributed by atoms with Gasteiger partial charge in [-0.1, -0.05) is 11.6 Å². The lowest BCUT2D eigenvalue weighted by molar-refractivity contribution is 0.146. The lowest BCUT2D eigenvalue weighted by Crippen LogP contribution is -2.27. The van der Waals surface area contributed by atoms with E-state index in [1.54, 1.807) is 12.1 Å². The molecule has 0 spiro atoms. The van der Waals surface area contributed by atoms with Crippen molar-refractivity contribution in [1.82, 2.24) is 5.48 Å². The van der Waals surface area contributed by atoms with Crippen LogP contribution in [0.25, 0.3) is 0 Å². The number of nitrogens with one attached hydrogen (secondary N) is 2. The van der Waals surface area contributed by atoms with Gasteiger partial charge in [-0.15, -0.1) is 0 Å².